The van der Waals surface area contributed by atoms with Crippen LogP contribution in [0, 0.1) is 0 Å². The van der Waals surface area contributed by atoms with Gasteiger partial charge in [0.05, 0.1) is 7.57 Å². The minimum absolute atomic E-state index is 1.17. The van der Waals surface area contributed by atoms with Gasteiger partial charge < -0.3 is 0 Å². The highest BCUT2D eigenvalue weighted by Gasteiger charge is 2.06. The Morgan fingerprint density at radius 3 is 1.96 bits per heavy atom. The molecular weight excluding hydrogens is 520 g/mol. The summed E-state index contributed by atoms with van der Waals surface area (Å²) in [5.74, 6) is 0. The van der Waals surface area contributed by atoms with Crippen LogP contribution in [0.5, 0.6) is 0 Å². The average molecular weight is 542 g/mol. The van der Waals surface area contributed by atoms with Gasteiger partial charge in [0.25, 0.3) is 0 Å². The van der Waals surface area contributed by atoms with Crippen LogP contribution in [0.3, 0.4) is 0 Å². The van der Waals surface area contributed by atoms with E-state index in [4.69, 9.17) is 0 Å². The third-order valence-corrected chi connectivity index (χ3v) is 8.44. The molecule has 0 saturated carbocycles. The van der Waals surface area contributed by atoms with Gasteiger partial charge in [-0.3, -0.25) is 0 Å². The van der Waals surface area contributed by atoms with E-state index in [2.05, 4.69) is 93.4 Å². The lowest BCUT2D eigenvalue weighted by Gasteiger charge is -2.00. The van der Waals surface area contributed by atoms with E-state index in [0.29, 0.717) is 0 Å². The lowest BCUT2D eigenvalue weighted by atomic mass is 10.1. The van der Waals surface area contributed by atoms with Crippen molar-refractivity contribution in [1.29, 1.82) is 0 Å². The number of aryl methyl sites for hydroxylation is 1. The first-order valence-electron chi connectivity index (χ1n) is 9.13. The van der Waals surface area contributed by atoms with Gasteiger partial charge in [-0.25, -0.2) is 0 Å². The zero-order chi connectivity index (χ0) is 19.1. The van der Waals surface area contributed by atoms with Crippen molar-refractivity contribution >= 4 is 90.2 Å². The van der Waals surface area contributed by atoms with Gasteiger partial charge in [0.15, 0.2) is 0 Å². The van der Waals surface area contributed by atoms with Gasteiger partial charge >= 0.3 is 0 Å². The zero-order valence-corrected chi connectivity index (χ0v) is 20.8. The summed E-state index contributed by atoms with van der Waals surface area (Å²) >= 11 is 12.5. The minimum atomic E-state index is 1.17. The van der Waals surface area contributed by atoms with Gasteiger partial charge in [-0.1, -0.05) is 26.2 Å². The Morgan fingerprint density at radius 1 is 0.741 bits per heavy atom. The Labute approximate surface area is 190 Å². The predicted molar refractivity (Wildman–Crippen MR) is 134 cm³/mol. The lowest BCUT2D eigenvalue weighted by molar-refractivity contribution is 0.667. The molecule has 0 radical (unpaired) electrons. The molecule has 0 aliphatic heterocycles. The van der Waals surface area contributed by atoms with Gasteiger partial charge in [0.1, 0.15) is 0 Å². The lowest BCUT2D eigenvalue weighted by Crippen LogP contribution is -1.85. The van der Waals surface area contributed by atoms with Crippen LogP contribution < -0.4 is 0 Å². The SMILES string of the molecule is CCCCCCc1cc(/C=C/c2ccc(Br)s2)sc1/C=C/c1ccc(Br)s1. The van der Waals surface area contributed by atoms with E-state index >= 15 is 0 Å². The van der Waals surface area contributed by atoms with Crippen molar-refractivity contribution in [2.45, 2.75) is 39.0 Å². The normalized spacial score (nSPS) is 12.0. The molecule has 0 unspecified atom stereocenters. The molecule has 3 aromatic heterocycles. The van der Waals surface area contributed by atoms with Crippen molar-refractivity contribution in [1.82, 2.24) is 0 Å². The molecule has 3 rings (SSSR count). The van der Waals surface area contributed by atoms with Crippen LogP contribution in [0.25, 0.3) is 24.3 Å². The molecule has 27 heavy (non-hydrogen) atoms. The maximum absolute atomic E-state index is 3.55. The number of rotatable bonds is 9. The van der Waals surface area contributed by atoms with E-state index in [1.165, 1.54) is 64.7 Å². The average Bonchev–Trinajstić information content (AvgIpc) is 3.36. The molecule has 0 bridgehead atoms. The predicted octanol–water partition coefficient (Wildman–Crippen LogP) is 9.86. The van der Waals surface area contributed by atoms with Crippen molar-refractivity contribution in [3.8, 4) is 0 Å². The van der Waals surface area contributed by atoms with Crippen LogP contribution in [-0.2, 0) is 6.42 Å². The molecular formula is C22H22Br2S3. The topological polar surface area (TPSA) is 0 Å². The monoisotopic (exact) mass is 540 g/mol. The Kier molecular flexibility index (Phi) is 8.59. The van der Waals surface area contributed by atoms with Gasteiger partial charge in [-0.05, 0) is 105 Å². The van der Waals surface area contributed by atoms with E-state index < -0.39 is 0 Å². The molecule has 5 heteroatoms. The third-order valence-electron chi connectivity index (χ3n) is 4.16. The quantitative estimate of drug-likeness (QED) is 0.236. The molecule has 0 aliphatic rings. The highest BCUT2D eigenvalue weighted by atomic mass is 79.9. The van der Waals surface area contributed by atoms with Gasteiger partial charge in [0, 0.05) is 19.5 Å². The van der Waals surface area contributed by atoms with Crippen LogP contribution in [0.2, 0.25) is 0 Å². The second kappa shape index (κ2) is 10.9. The minimum Gasteiger partial charge on any atom is -0.136 e. The van der Waals surface area contributed by atoms with Crippen molar-refractivity contribution < 1.29 is 0 Å². The fraction of sp³-hybridized carbons (Fsp3) is 0.273. The molecule has 3 aromatic rings. The number of unbranched alkanes of at least 4 members (excludes halogenated alkanes) is 3. The maximum atomic E-state index is 3.55. The van der Waals surface area contributed by atoms with Crippen LogP contribution >= 0.6 is 65.9 Å². The number of halogens is 2. The van der Waals surface area contributed by atoms with Crippen LogP contribution in [0.15, 0.2) is 37.9 Å². The smallest absolute Gasteiger partial charge is 0.0704 e. The summed E-state index contributed by atoms with van der Waals surface area (Å²) in [7, 11) is 0. The summed E-state index contributed by atoms with van der Waals surface area (Å²) in [6, 6.07) is 10.9. The Morgan fingerprint density at radius 2 is 1.37 bits per heavy atom. The number of thiophene rings is 3. The Bertz CT molecular complexity index is 912. The summed E-state index contributed by atoms with van der Waals surface area (Å²) in [6.07, 6.45) is 15.4. The second-order valence-electron chi connectivity index (χ2n) is 6.30. The highest BCUT2D eigenvalue weighted by molar-refractivity contribution is 9.11. The molecule has 142 valence electrons. The molecule has 0 nitrogen and oxygen atoms in total. The van der Waals surface area contributed by atoms with Crippen molar-refractivity contribution in [3.05, 3.63) is 63.0 Å². The molecule has 0 atom stereocenters. The molecule has 0 aromatic carbocycles. The third kappa shape index (κ3) is 6.82. The molecule has 0 amide bonds. The van der Waals surface area contributed by atoms with Crippen LogP contribution in [0.4, 0.5) is 0 Å². The van der Waals surface area contributed by atoms with Gasteiger partial charge in [0.2, 0.25) is 0 Å². The highest BCUT2D eigenvalue weighted by Crippen LogP contribution is 2.31. The van der Waals surface area contributed by atoms with E-state index in [9.17, 15) is 0 Å². The largest absolute Gasteiger partial charge is 0.136 e. The van der Waals surface area contributed by atoms with E-state index in [1.54, 1.807) is 22.7 Å². The summed E-state index contributed by atoms with van der Waals surface area (Å²) in [5, 5.41) is 0. The fourth-order valence-corrected chi connectivity index (χ4v) is 6.46. The van der Waals surface area contributed by atoms with Crippen LogP contribution in [0.1, 0.15) is 57.7 Å². The molecule has 0 N–H and O–H groups in total. The Hall–Kier alpha value is -0.460. The second-order valence-corrected chi connectivity index (χ2v) is 12.4. The first-order chi connectivity index (χ1) is 13.1. The van der Waals surface area contributed by atoms with Crippen molar-refractivity contribution in [3.63, 3.8) is 0 Å². The standard InChI is InChI=1S/C22H22Br2S3/c1-2-3-4-5-6-16-15-19(8-7-17-10-13-21(23)26-17)25-20(16)12-9-18-11-14-22(24)27-18/h7-15H,2-6H2,1H3/b8-7+,12-9+. The molecule has 0 saturated heterocycles. The van der Waals surface area contributed by atoms with E-state index in [0.717, 1.165) is 0 Å². The molecule has 0 aliphatic carbocycles. The molecule has 0 spiro atoms. The van der Waals surface area contributed by atoms with Crippen molar-refractivity contribution in [2.24, 2.45) is 0 Å². The summed E-state index contributed by atoms with van der Waals surface area (Å²) in [4.78, 5) is 5.29. The molecule has 3 heterocycles. The van der Waals surface area contributed by atoms with Gasteiger partial charge in [-0.15, -0.1) is 34.0 Å². The van der Waals surface area contributed by atoms with Crippen LogP contribution in [-0.4, -0.2) is 0 Å². The maximum Gasteiger partial charge on any atom is 0.0704 e. The van der Waals surface area contributed by atoms with E-state index in [-0.39, 0.29) is 0 Å². The van der Waals surface area contributed by atoms with Gasteiger partial charge in [-0.2, -0.15) is 0 Å². The fourth-order valence-electron chi connectivity index (χ4n) is 2.78. The number of hydrogen-bond acceptors (Lipinski definition) is 3. The summed E-state index contributed by atoms with van der Waals surface area (Å²) < 4.78 is 2.36. The zero-order valence-electron chi connectivity index (χ0n) is 15.2. The van der Waals surface area contributed by atoms with E-state index in [1.807, 2.05) is 11.3 Å². The first kappa shape index (κ1) is 21.3. The number of hydrogen-bond donors (Lipinski definition) is 0. The summed E-state index contributed by atoms with van der Waals surface area (Å²) in [6.45, 7) is 2.27. The first-order valence-corrected chi connectivity index (χ1v) is 13.2. The molecule has 0 fully saturated rings. The Balaban J connectivity index is 1.76. The summed E-state index contributed by atoms with van der Waals surface area (Å²) in [5.41, 5.74) is 1.48. The van der Waals surface area contributed by atoms with Crippen molar-refractivity contribution in [2.75, 3.05) is 0 Å².